The molecule has 0 fully saturated rings. The van der Waals surface area contributed by atoms with Crippen LogP contribution in [-0.4, -0.2) is 19.7 Å². The van der Waals surface area contributed by atoms with E-state index in [4.69, 9.17) is 10.00 Å². The van der Waals surface area contributed by atoms with E-state index in [-0.39, 0.29) is 0 Å². The van der Waals surface area contributed by atoms with Crippen LogP contribution in [-0.2, 0) is 0 Å². The molecule has 20 heavy (non-hydrogen) atoms. The number of anilines is 1. The van der Waals surface area contributed by atoms with Gasteiger partial charge in [0.05, 0.1) is 12.1 Å². The molecule has 102 valence electrons. The van der Waals surface area contributed by atoms with Gasteiger partial charge in [-0.2, -0.15) is 5.26 Å². The molecule has 0 saturated heterocycles. The fourth-order valence-electron chi connectivity index (χ4n) is 2.06. The maximum Gasteiger partial charge on any atom is 0.137 e. The number of nitriles is 1. The van der Waals surface area contributed by atoms with Gasteiger partial charge in [0, 0.05) is 12.2 Å². The Morgan fingerprint density at radius 1 is 1.05 bits per heavy atom. The van der Waals surface area contributed by atoms with Crippen LogP contribution < -0.4 is 9.64 Å². The lowest BCUT2D eigenvalue weighted by molar-refractivity contribution is 0.323. The van der Waals surface area contributed by atoms with E-state index >= 15 is 0 Å². The largest absolute Gasteiger partial charge is 0.490 e. The molecule has 0 aliphatic rings. The van der Waals surface area contributed by atoms with Crippen molar-refractivity contribution in [3.63, 3.8) is 0 Å². The fraction of sp³-hybridized carbons (Fsp3) is 0.235. The lowest BCUT2D eigenvalue weighted by Crippen LogP contribution is -2.28. The van der Waals surface area contributed by atoms with Crippen molar-refractivity contribution >= 4 is 5.69 Å². The highest BCUT2D eigenvalue weighted by Gasteiger charge is 2.05. The molecule has 0 atom stereocenters. The Labute approximate surface area is 120 Å². The number of likely N-dealkylation sites (N-methyl/N-ethyl adjacent to an activating group) is 1. The Balaban J connectivity index is 1.93. The maximum atomic E-state index is 9.01. The Bertz CT molecular complexity index is 575. The van der Waals surface area contributed by atoms with Gasteiger partial charge in [-0.15, -0.1) is 0 Å². The van der Waals surface area contributed by atoms with Crippen LogP contribution in [0.1, 0.15) is 12.5 Å². The molecule has 0 aromatic heterocycles. The molecular formula is C17H18N2O. The highest BCUT2D eigenvalue weighted by Crippen LogP contribution is 2.17. The molecule has 0 saturated carbocycles. The summed E-state index contributed by atoms with van der Waals surface area (Å²) in [5.74, 6) is 0.652. The minimum atomic E-state index is 0.557. The van der Waals surface area contributed by atoms with Crippen molar-refractivity contribution in [2.24, 2.45) is 0 Å². The van der Waals surface area contributed by atoms with Crippen LogP contribution in [0.2, 0.25) is 0 Å². The zero-order valence-electron chi connectivity index (χ0n) is 11.6. The predicted octanol–water partition coefficient (Wildman–Crippen LogP) is 3.46. The topological polar surface area (TPSA) is 36.3 Å². The van der Waals surface area contributed by atoms with Gasteiger partial charge in [-0.3, -0.25) is 0 Å². The summed E-state index contributed by atoms with van der Waals surface area (Å²) in [7, 11) is 0. The molecule has 0 amide bonds. The average Bonchev–Trinajstić information content (AvgIpc) is 2.53. The van der Waals surface area contributed by atoms with E-state index < -0.39 is 0 Å². The number of para-hydroxylation sites is 2. The van der Waals surface area contributed by atoms with Crippen LogP contribution in [0.15, 0.2) is 54.6 Å². The molecule has 0 spiro atoms. The van der Waals surface area contributed by atoms with E-state index in [0.29, 0.717) is 17.9 Å². The second-order valence-corrected chi connectivity index (χ2v) is 4.37. The first-order chi connectivity index (χ1) is 9.85. The number of nitrogens with zero attached hydrogens (tertiary/aromatic N) is 2. The SMILES string of the molecule is CCN(CCOc1ccccc1C#N)c1ccccc1. The van der Waals surface area contributed by atoms with E-state index in [1.165, 1.54) is 5.69 Å². The first-order valence-corrected chi connectivity index (χ1v) is 6.77. The van der Waals surface area contributed by atoms with E-state index in [0.717, 1.165) is 13.1 Å². The van der Waals surface area contributed by atoms with Gasteiger partial charge in [-0.1, -0.05) is 30.3 Å². The number of hydrogen-bond donors (Lipinski definition) is 0. The third-order valence-electron chi connectivity index (χ3n) is 3.13. The Kier molecular flexibility index (Phi) is 5.02. The van der Waals surface area contributed by atoms with Gasteiger partial charge < -0.3 is 9.64 Å². The molecule has 0 heterocycles. The molecule has 2 rings (SSSR count). The van der Waals surface area contributed by atoms with E-state index in [9.17, 15) is 0 Å². The molecule has 0 aliphatic heterocycles. The summed E-state index contributed by atoms with van der Waals surface area (Å²) in [4.78, 5) is 2.25. The van der Waals surface area contributed by atoms with Gasteiger partial charge >= 0.3 is 0 Å². The van der Waals surface area contributed by atoms with Gasteiger partial charge in [-0.05, 0) is 31.2 Å². The molecule has 3 heteroatoms. The molecule has 0 aliphatic carbocycles. The van der Waals surface area contributed by atoms with Crippen molar-refractivity contribution in [1.29, 1.82) is 5.26 Å². The number of ether oxygens (including phenoxy) is 1. The summed E-state index contributed by atoms with van der Waals surface area (Å²) >= 11 is 0. The number of rotatable bonds is 6. The minimum absolute atomic E-state index is 0.557. The standard InChI is InChI=1S/C17H18N2O/c1-2-19(16-9-4-3-5-10-16)12-13-20-17-11-7-6-8-15(17)14-18/h3-11H,2,12-13H2,1H3. The van der Waals surface area contributed by atoms with Gasteiger partial charge in [0.1, 0.15) is 18.4 Å². The lowest BCUT2D eigenvalue weighted by atomic mass is 10.2. The van der Waals surface area contributed by atoms with Crippen molar-refractivity contribution < 1.29 is 4.74 Å². The molecule has 0 unspecified atom stereocenters. The third-order valence-corrected chi connectivity index (χ3v) is 3.13. The summed E-state index contributed by atoms with van der Waals surface area (Å²) in [5.41, 5.74) is 1.77. The van der Waals surface area contributed by atoms with Crippen molar-refractivity contribution in [2.75, 3.05) is 24.6 Å². The van der Waals surface area contributed by atoms with Crippen LogP contribution in [0, 0.1) is 11.3 Å². The second kappa shape index (κ2) is 7.20. The zero-order valence-corrected chi connectivity index (χ0v) is 11.6. The Hall–Kier alpha value is -2.47. The molecule has 0 radical (unpaired) electrons. The van der Waals surface area contributed by atoms with Gasteiger partial charge in [0.2, 0.25) is 0 Å². The monoisotopic (exact) mass is 266 g/mol. The van der Waals surface area contributed by atoms with Crippen LogP contribution in [0.3, 0.4) is 0 Å². The first-order valence-electron chi connectivity index (χ1n) is 6.77. The van der Waals surface area contributed by atoms with Gasteiger partial charge in [0.25, 0.3) is 0 Å². The van der Waals surface area contributed by atoms with Crippen LogP contribution >= 0.6 is 0 Å². The predicted molar refractivity (Wildman–Crippen MR) is 81.0 cm³/mol. The molecule has 3 nitrogen and oxygen atoms in total. The smallest absolute Gasteiger partial charge is 0.137 e. The highest BCUT2D eigenvalue weighted by atomic mass is 16.5. The summed E-state index contributed by atoms with van der Waals surface area (Å²) < 4.78 is 5.72. The van der Waals surface area contributed by atoms with Crippen molar-refractivity contribution in [3.05, 3.63) is 60.2 Å². The average molecular weight is 266 g/mol. The fourth-order valence-corrected chi connectivity index (χ4v) is 2.06. The van der Waals surface area contributed by atoms with Gasteiger partial charge in [0.15, 0.2) is 0 Å². The summed E-state index contributed by atoms with van der Waals surface area (Å²) in [5, 5.41) is 9.01. The summed E-state index contributed by atoms with van der Waals surface area (Å²) in [6, 6.07) is 19.7. The quantitative estimate of drug-likeness (QED) is 0.803. The Morgan fingerprint density at radius 2 is 1.75 bits per heavy atom. The second-order valence-electron chi connectivity index (χ2n) is 4.37. The lowest BCUT2D eigenvalue weighted by Gasteiger charge is -2.23. The molecule has 2 aromatic carbocycles. The maximum absolute atomic E-state index is 9.01. The van der Waals surface area contributed by atoms with Gasteiger partial charge in [-0.25, -0.2) is 0 Å². The Morgan fingerprint density at radius 3 is 2.45 bits per heavy atom. The third kappa shape index (κ3) is 3.52. The zero-order chi connectivity index (χ0) is 14.2. The van der Waals surface area contributed by atoms with Crippen LogP contribution in [0.5, 0.6) is 5.75 Å². The molecule has 2 aromatic rings. The molecule has 0 bridgehead atoms. The first kappa shape index (κ1) is 14.0. The highest BCUT2D eigenvalue weighted by molar-refractivity contribution is 5.46. The normalized spacial score (nSPS) is 9.80. The summed E-state index contributed by atoms with van der Waals surface area (Å²) in [6.07, 6.45) is 0. The minimum Gasteiger partial charge on any atom is -0.490 e. The van der Waals surface area contributed by atoms with Crippen LogP contribution in [0.4, 0.5) is 5.69 Å². The van der Waals surface area contributed by atoms with Crippen molar-refractivity contribution in [2.45, 2.75) is 6.92 Å². The number of benzene rings is 2. The van der Waals surface area contributed by atoms with E-state index in [1.54, 1.807) is 6.07 Å². The molecule has 0 N–H and O–H groups in total. The summed E-state index contributed by atoms with van der Waals surface area (Å²) in [6.45, 7) is 4.39. The number of hydrogen-bond acceptors (Lipinski definition) is 3. The van der Waals surface area contributed by atoms with E-state index in [1.807, 2.05) is 36.4 Å². The van der Waals surface area contributed by atoms with Crippen molar-refractivity contribution in [3.8, 4) is 11.8 Å². The van der Waals surface area contributed by atoms with Crippen molar-refractivity contribution in [1.82, 2.24) is 0 Å². The van der Waals surface area contributed by atoms with Crippen LogP contribution in [0.25, 0.3) is 0 Å². The molecular weight excluding hydrogens is 248 g/mol. The van der Waals surface area contributed by atoms with E-state index in [2.05, 4.69) is 30.0 Å².